The van der Waals surface area contributed by atoms with Crippen LogP contribution in [0.5, 0.6) is 0 Å². The molecule has 4 saturated heterocycles. The first-order valence-electron chi connectivity index (χ1n) is 36.9. The minimum Gasteiger partial charge on any atom is -0.394 e. The van der Waals surface area contributed by atoms with Crippen molar-refractivity contribution in [3.05, 3.63) is 12.2 Å². The molecule has 0 spiro atoms. The first-order chi connectivity index (χ1) is 46.3. The first-order valence-corrected chi connectivity index (χ1v) is 36.9. The number of aliphatic hydroxyl groups is 12. The van der Waals surface area contributed by atoms with Crippen LogP contribution in [0.4, 0.5) is 0 Å². The van der Waals surface area contributed by atoms with Gasteiger partial charge < -0.3 is 115 Å². The lowest BCUT2D eigenvalue weighted by atomic mass is 9.94. The molecular formula is C70H129N3O23. The normalized spacial score (nSPS) is 31.7. The van der Waals surface area contributed by atoms with Crippen molar-refractivity contribution in [3.8, 4) is 0 Å². The fraction of sp³-hybridized carbons (Fsp3) is 0.929. The molecule has 26 heteroatoms. The lowest BCUT2D eigenvalue weighted by Crippen LogP contribution is -2.69. The molecule has 0 bridgehead atoms. The summed E-state index contributed by atoms with van der Waals surface area (Å²) in [6, 6.07) is -4.22. The molecule has 0 radical (unpaired) electrons. The van der Waals surface area contributed by atoms with Crippen LogP contribution in [0.3, 0.4) is 0 Å². The fourth-order valence-corrected chi connectivity index (χ4v) is 13.2. The van der Waals surface area contributed by atoms with E-state index in [2.05, 4.69) is 29.8 Å². The Labute approximate surface area is 571 Å². The van der Waals surface area contributed by atoms with Crippen molar-refractivity contribution < 1.29 is 114 Å². The second kappa shape index (κ2) is 49.8. The highest BCUT2D eigenvalue weighted by molar-refractivity contribution is 5.76. The quantitative estimate of drug-likeness (QED) is 0.0299. The Morgan fingerprint density at radius 2 is 0.760 bits per heavy atom. The molecule has 4 aliphatic rings. The Bertz CT molecular complexity index is 2060. The Kier molecular flexibility index (Phi) is 44.5. The summed E-state index contributed by atoms with van der Waals surface area (Å²) in [5.74, 6) is -1.77. The van der Waals surface area contributed by atoms with Gasteiger partial charge in [-0.15, -0.1) is 0 Å². The van der Waals surface area contributed by atoms with Gasteiger partial charge in [-0.1, -0.05) is 219 Å². The van der Waals surface area contributed by atoms with Crippen LogP contribution in [0.2, 0.25) is 0 Å². The van der Waals surface area contributed by atoms with Gasteiger partial charge in [0.1, 0.15) is 97.5 Å². The number of ether oxygens (including phenoxy) is 8. The van der Waals surface area contributed by atoms with Gasteiger partial charge in [-0.2, -0.15) is 0 Å². The van der Waals surface area contributed by atoms with E-state index in [4.69, 9.17) is 37.9 Å². The third kappa shape index (κ3) is 30.5. The minimum atomic E-state index is -2.15. The average Bonchev–Trinajstić information content (AvgIpc) is 0.779. The summed E-state index contributed by atoms with van der Waals surface area (Å²) in [6.07, 6.45) is 9.27. The van der Waals surface area contributed by atoms with Gasteiger partial charge in [0.2, 0.25) is 17.7 Å². The summed E-state index contributed by atoms with van der Waals surface area (Å²) in [5.41, 5.74) is 0. The fourth-order valence-electron chi connectivity index (χ4n) is 13.2. The van der Waals surface area contributed by atoms with E-state index >= 15 is 0 Å². The van der Waals surface area contributed by atoms with Crippen molar-refractivity contribution in [1.82, 2.24) is 16.0 Å². The number of hydrogen-bond acceptors (Lipinski definition) is 23. The zero-order valence-corrected chi connectivity index (χ0v) is 58.3. The highest BCUT2D eigenvalue weighted by atomic mass is 16.8. The van der Waals surface area contributed by atoms with E-state index in [0.29, 0.717) is 12.8 Å². The summed E-state index contributed by atoms with van der Waals surface area (Å²) in [6.45, 7) is 2.60. The van der Waals surface area contributed by atoms with Crippen LogP contribution in [0, 0.1) is 0 Å². The summed E-state index contributed by atoms with van der Waals surface area (Å²) < 4.78 is 48.4. The van der Waals surface area contributed by atoms with Gasteiger partial charge in [0, 0.05) is 20.3 Å². The lowest BCUT2D eigenvalue weighted by molar-refractivity contribution is -0.388. The molecule has 22 atom stereocenters. The largest absolute Gasteiger partial charge is 0.394 e. The maximum atomic E-state index is 13.7. The second-order valence-corrected chi connectivity index (χ2v) is 27.2. The van der Waals surface area contributed by atoms with Crippen molar-refractivity contribution in [2.24, 2.45) is 0 Å². The number of hydrogen-bond donors (Lipinski definition) is 15. The van der Waals surface area contributed by atoms with Gasteiger partial charge in [0.15, 0.2) is 25.2 Å². The Morgan fingerprint density at radius 3 is 1.17 bits per heavy atom. The Balaban J connectivity index is 1.46. The predicted octanol–water partition coefficient (Wildman–Crippen LogP) is 4.27. The van der Waals surface area contributed by atoms with Gasteiger partial charge >= 0.3 is 0 Å². The minimum absolute atomic E-state index is 0.165. The van der Waals surface area contributed by atoms with Crippen molar-refractivity contribution in [2.75, 3.05) is 33.0 Å². The summed E-state index contributed by atoms with van der Waals surface area (Å²) in [4.78, 5) is 38.4. The topological polar surface area (TPSA) is 404 Å². The molecule has 562 valence electrons. The van der Waals surface area contributed by atoms with Gasteiger partial charge in [-0.3, -0.25) is 14.4 Å². The van der Waals surface area contributed by atoms with E-state index in [-0.39, 0.29) is 12.3 Å². The number of rotatable bonds is 52. The molecule has 0 saturated carbocycles. The SMILES string of the molecule is CCCCCCCCCCCCC/C=C/[C@@H](O)[C@H](CO[C@@H]1O[C@H](CO)[C@@H](O[C@@H]2O[C@H](CO)[C@H](O[C@@H]3O[C@H](CO)[C@H](O)[C@H](O)[C@H]3NC(C)=O)[C@H](O)[C@H]2O)[C@H](O[C@@H]2O[C@H](CO)[C@H](O)[C@H](O)[C@H]2NC(C)=O)[C@H]1O)NC(=O)CCCCCCCCCCCCCCCCCCCCCCC. The second-order valence-electron chi connectivity index (χ2n) is 27.2. The summed E-state index contributed by atoms with van der Waals surface area (Å²) in [7, 11) is 0. The number of amides is 3. The summed E-state index contributed by atoms with van der Waals surface area (Å²) >= 11 is 0. The third-order valence-electron chi connectivity index (χ3n) is 19.0. The van der Waals surface area contributed by atoms with Crippen molar-refractivity contribution in [3.63, 3.8) is 0 Å². The zero-order valence-electron chi connectivity index (χ0n) is 58.3. The molecule has 0 aromatic carbocycles. The molecular weight excluding hydrogens is 1250 g/mol. The van der Waals surface area contributed by atoms with E-state index in [9.17, 15) is 75.7 Å². The van der Waals surface area contributed by atoms with Crippen LogP contribution in [0.15, 0.2) is 12.2 Å². The molecule has 4 heterocycles. The van der Waals surface area contributed by atoms with Crippen LogP contribution in [0.25, 0.3) is 0 Å². The molecule has 0 aliphatic carbocycles. The number of carbonyl (C=O) groups is 3. The molecule has 26 nitrogen and oxygen atoms in total. The van der Waals surface area contributed by atoms with Gasteiger partial charge in [-0.25, -0.2) is 0 Å². The monoisotopic (exact) mass is 1380 g/mol. The van der Waals surface area contributed by atoms with Crippen LogP contribution >= 0.6 is 0 Å². The maximum Gasteiger partial charge on any atom is 0.220 e. The smallest absolute Gasteiger partial charge is 0.220 e. The average molecular weight is 1380 g/mol. The Morgan fingerprint density at radius 1 is 0.406 bits per heavy atom. The molecule has 0 unspecified atom stereocenters. The van der Waals surface area contributed by atoms with Gasteiger partial charge in [0.05, 0.1) is 45.2 Å². The summed E-state index contributed by atoms with van der Waals surface area (Å²) in [5, 5.41) is 141. The van der Waals surface area contributed by atoms with E-state index in [1.165, 1.54) is 148 Å². The molecule has 3 amide bonds. The van der Waals surface area contributed by atoms with Crippen LogP contribution in [-0.2, 0) is 52.3 Å². The van der Waals surface area contributed by atoms with E-state index in [1.54, 1.807) is 6.08 Å². The van der Waals surface area contributed by atoms with E-state index in [1.807, 2.05) is 6.08 Å². The third-order valence-corrected chi connectivity index (χ3v) is 19.0. The standard InChI is InChI=1S/C70H129N3O23/c1-5-7-9-11-13-15-17-19-20-21-22-23-24-25-26-28-30-32-34-36-38-40-54(81)73-48(49(80)39-37-35-33-31-29-27-18-16-14-12-10-8-6-2)45-89-69-63(88)66(96-68-56(72-47(4)79)60(85)58(83)51(42-75)91-68)65(53(44-77)92-69)95-70-62(87)61(86)64(52(43-76)93-70)94-67-55(71-46(3)78)59(84)57(82)50(41-74)90-67/h37,39,48-53,55-70,74-77,80,82-88H,5-36,38,40-45H2,1-4H3,(H,71,78)(H,72,79)(H,73,81)/b39-37+/t48-,49+,50+,51+,52+,53+,55+,56+,57-,58-,59+,60+,61+,62+,63+,64-,65+,66+,67-,68-,69+,70-/m0/s1. The zero-order chi connectivity index (χ0) is 70.2. The highest BCUT2D eigenvalue weighted by Crippen LogP contribution is 2.36. The molecule has 0 aromatic heterocycles. The van der Waals surface area contributed by atoms with Crippen molar-refractivity contribution >= 4 is 17.7 Å². The van der Waals surface area contributed by atoms with Gasteiger partial charge in [-0.05, 0) is 19.3 Å². The van der Waals surface area contributed by atoms with Crippen molar-refractivity contribution in [1.29, 1.82) is 0 Å². The van der Waals surface area contributed by atoms with Crippen LogP contribution in [0.1, 0.15) is 246 Å². The first kappa shape index (κ1) is 85.8. The number of aliphatic hydroxyl groups excluding tert-OH is 12. The van der Waals surface area contributed by atoms with Crippen LogP contribution < -0.4 is 16.0 Å². The highest BCUT2D eigenvalue weighted by Gasteiger charge is 2.56. The number of allylic oxidation sites excluding steroid dienone is 1. The van der Waals surface area contributed by atoms with Crippen LogP contribution in [-0.4, -0.2) is 247 Å². The molecule has 15 N–H and O–H groups in total. The van der Waals surface area contributed by atoms with Crippen molar-refractivity contribution in [2.45, 2.75) is 381 Å². The molecule has 0 aromatic rings. The Hall–Kier alpha value is -2.65. The molecule has 4 fully saturated rings. The lowest BCUT2D eigenvalue weighted by Gasteiger charge is -2.50. The predicted molar refractivity (Wildman–Crippen MR) is 356 cm³/mol. The molecule has 4 rings (SSSR count). The van der Waals surface area contributed by atoms with E-state index < -0.39 is 180 Å². The maximum absolute atomic E-state index is 13.7. The van der Waals surface area contributed by atoms with E-state index in [0.717, 1.165) is 65.2 Å². The molecule has 4 aliphatic heterocycles. The number of carbonyl (C=O) groups excluding carboxylic acids is 3. The molecule has 96 heavy (non-hydrogen) atoms. The number of nitrogens with one attached hydrogen (secondary N) is 3. The van der Waals surface area contributed by atoms with Gasteiger partial charge in [0.25, 0.3) is 0 Å². The number of unbranched alkanes of at least 4 members (excludes halogenated alkanes) is 31.